The maximum Gasteiger partial charge on any atom is 0.254 e. The zero-order valence-electron chi connectivity index (χ0n) is 13.2. The molecule has 0 aliphatic carbocycles. The summed E-state index contributed by atoms with van der Waals surface area (Å²) in [6.07, 6.45) is 0.789. The normalized spacial score (nSPS) is 10.5. The molecule has 0 atom stereocenters. The second-order valence-corrected chi connectivity index (χ2v) is 5.57. The molecule has 0 radical (unpaired) electrons. The fourth-order valence-electron chi connectivity index (χ4n) is 2.57. The second-order valence-electron chi connectivity index (χ2n) is 5.57. The Kier molecular flexibility index (Phi) is 5.73. The molecule has 0 aromatic heterocycles. The van der Waals surface area contributed by atoms with Crippen molar-refractivity contribution in [2.75, 3.05) is 19.7 Å². The molecule has 3 nitrogen and oxygen atoms in total. The van der Waals surface area contributed by atoms with Gasteiger partial charge in [0.25, 0.3) is 5.91 Å². The Morgan fingerprint density at radius 2 is 1.77 bits per heavy atom. The summed E-state index contributed by atoms with van der Waals surface area (Å²) >= 11 is 0. The fourth-order valence-corrected chi connectivity index (χ4v) is 2.57. The second kappa shape index (κ2) is 7.76. The quantitative estimate of drug-likeness (QED) is 0.890. The highest BCUT2D eigenvalue weighted by Crippen LogP contribution is 2.14. The average Bonchev–Trinajstić information content (AvgIpc) is 2.52. The number of aliphatic hydroxyl groups is 1. The molecule has 2 aromatic rings. The van der Waals surface area contributed by atoms with E-state index in [9.17, 15) is 9.90 Å². The molecule has 0 saturated heterocycles. The van der Waals surface area contributed by atoms with Crippen LogP contribution in [0.4, 0.5) is 0 Å². The summed E-state index contributed by atoms with van der Waals surface area (Å²) in [6.45, 7) is 4.91. The average molecular weight is 297 g/mol. The van der Waals surface area contributed by atoms with Crippen LogP contribution in [0.15, 0.2) is 48.5 Å². The van der Waals surface area contributed by atoms with E-state index in [4.69, 9.17) is 0 Å². The molecule has 3 heteroatoms. The van der Waals surface area contributed by atoms with Gasteiger partial charge in [-0.25, -0.2) is 0 Å². The van der Waals surface area contributed by atoms with Crippen LogP contribution < -0.4 is 0 Å². The summed E-state index contributed by atoms with van der Waals surface area (Å²) in [5.74, 6) is -0.0116. The molecule has 0 bridgehead atoms. The molecule has 0 aliphatic rings. The van der Waals surface area contributed by atoms with Crippen LogP contribution in [0.2, 0.25) is 0 Å². The van der Waals surface area contributed by atoms with Gasteiger partial charge in [0, 0.05) is 18.7 Å². The van der Waals surface area contributed by atoms with E-state index in [1.165, 1.54) is 5.56 Å². The highest BCUT2D eigenvalue weighted by Gasteiger charge is 2.17. The van der Waals surface area contributed by atoms with Crippen molar-refractivity contribution < 1.29 is 9.90 Å². The molecule has 0 aliphatic heterocycles. The molecule has 1 amide bonds. The van der Waals surface area contributed by atoms with E-state index >= 15 is 0 Å². The Morgan fingerprint density at radius 1 is 1.05 bits per heavy atom. The van der Waals surface area contributed by atoms with Gasteiger partial charge in [-0.2, -0.15) is 0 Å². The number of hydrogen-bond donors (Lipinski definition) is 1. The summed E-state index contributed by atoms with van der Waals surface area (Å²) in [6, 6.07) is 15.9. The lowest BCUT2D eigenvalue weighted by Crippen LogP contribution is -2.35. The highest BCUT2D eigenvalue weighted by atomic mass is 16.3. The minimum atomic E-state index is -0.0224. The highest BCUT2D eigenvalue weighted by molar-refractivity contribution is 5.95. The molecule has 22 heavy (non-hydrogen) atoms. The van der Waals surface area contributed by atoms with Crippen LogP contribution in [0.25, 0.3) is 0 Å². The molecule has 2 aromatic carbocycles. The zero-order valence-corrected chi connectivity index (χ0v) is 13.2. The van der Waals surface area contributed by atoms with Crippen molar-refractivity contribution in [3.05, 3.63) is 70.8 Å². The number of aliphatic hydroxyl groups excluding tert-OH is 1. The predicted octanol–water partition coefficient (Wildman–Crippen LogP) is 2.98. The van der Waals surface area contributed by atoms with Gasteiger partial charge in [-0.3, -0.25) is 4.79 Å². The number of hydrogen-bond acceptors (Lipinski definition) is 2. The molecule has 1 N–H and O–H groups in total. The van der Waals surface area contributed by atoms with Gasteiger partial charge in [0.05, 0.1) is 6.61 Å². The number of nitrogens with zero attached hydrogens (tertiary/aromatic N) is 1. The molecule has 116 valence electrons. The van der Waals surface area contributed by atoms with E-state index in [0.29, 0.717) is 18.7 Å². The van der Waals surface area contributed by atoms with Crippen LogP contribution in [-0.4, -0.2) is 35.6 Å². The van der Waals surface area contributed by atoms with Crippen LogP contribution in [0, 0.1) is 13.8 Å². The van der Waals surface area contributed by atoms with E-state index in [1.807, 2.05) is 50.2 Å². The minimum Gasteiger partial charge on any atom is -0.395 e. The van der Waals surface area contributed by atoms with Gasteiger partial charge in [-0.1, -0.05) is 48.0 Å². The van der Waals surface area contributed by atoms with Crippen molar-refractivity contribution in [2.24, 2.45) is 0 Å². The predicted molar refractivity (Wildman–Crippen MR) is 89.1 cm³/mol. The van der Waals surface area contributed by atoms with E-state index in [-0.39, 0.29) is 12.5 Å². The molecule has 0 saturated carbocycles. The van der Waals surface area contributed by atoms with Crippen molar-refractivity contribution in [3.63, 3.8) is 0 Å². The third kappa shape index (κ3) is 4.18. The number of rotatable bonds is 6. The number of benzene rings is 2. The zero-order chi connectivity index (χ0) is 15.9. The lowest BCUT2D eigenvalue weighted by atomic mass is 10.0. The summed E-state index contributed by atoms with van der Waals surface area (Å²) in [4.78, 5) is 14.4. The van der Waals surface area contributed by atoms with Gasteiger partial charge in [-0.15, -0.1) is 0 Å². The maximum atomic E-state index is 12.7. The van der Waals surface area contributed by atoms with Crippen LogP contribution in [0.5, 0.6) is 0 Å². The summed E-state index contributed by atoms with van der Waals surface area (Å²) in [5, 5.41) is 9.25. The number of amides is 1. The minimum absolute atomic E-state index is 0.0116. The van der Waals surface area contributed by atoms with Crippen LogP contribution in [-0.2, 0) is 6.42 Å². The van der Waals surface area contributed by atoms with Crippen LogP contribution in [0.3, 0.4) is 0 Å². The molecular formula is C19H23NO2. The summed E-state index contributed by atoms with van der Waals surface area (Å²) in [5.41, 5.74) is 4.03. The van der Waals surface area contributed by atoms with Crippen molar-refractivity contribution in [1.29, 1.82) is 0 Å². The number of carbonyl (C=O) groups is 1. The molecule has 0 fully saturated rings. The van der Waals surface area contributed by atoms with Gasteiger partial charge in [0.2, 0.25) is 0 Å². The molecule has 0 heterocycles. The first kappa shape index (κ1) is 16.2. The van der Waals surface area contributed by atoms with Gasteiger partial charge >= 0.3 is 0 Å². The topological polar surface area (TPSA) is 40.5 Å². The largest absolute Gasteiger partial charge is 0.395 e. The van der Waals surface area contributed by atoms with Gasteiger partial charge in [-0.05, 0) is 37.5 Å². The van der Waals surface area contributed by atoms with Crippen molar-refractivity contribution in [1.82, 2.24) is 4.90 Å². The molecular weight excluding hydrogens is 274 g/mol. The van der Waals surface area contributed by atoms with Crippen molar-refractivity contribution >= 4 is 5.91 Å². The van der Waals surface area contributed by atoms with E-state index < -0.39 is 0 Å². The number of carbonyl (C=O) groups excluding carboxylic acids is 1. The van der Waals surface area contributed by atoms with Crippen molar-refractivity contribution in [3.8, 4) is 0 Å². The Hall–Kier alpha value is -2.13. The molecule has 0 spiro atoms. The van der Waals surface area contributed by atoms with Gasteiger partial charge in [0.15, 0.2) is 0 Å². The fraction of sp³-hybridized carbons (Fsp3) is 0.316. The smallest absolute Gasteiger partial charge is 0.254 e. The van der Waals surface area contributed by atoms with Gasteiger partial charge in [0.1, 0.15) is 0 Å². The first-order valence-corrected chi connectivity index (χ1v) is 7.63. The third-order valence-electron chi connectivity index (χ3n) is 3.78. The Bertz CT molecular complexity index is 623. The lowest BCUT2D eigenvalue weighted by molar-refractivity contribution is 0.0723. The molecule has 2 rings (SSSR count). The Labute approximate surface area is 132 Å². The molecule has 0 unspecified atom stereocenters. The standard InChI is InChI=1S/C19H23NO2/c1-15-8-9-18(16(2)14-15)19(22)20(12-13-21)11-10-17-6-4-3-5-7-17/h3-9,14,21H,10-13H2,1-2H3. The number of aryl methyl sites for hydroxylation is 2. The van der Waals surface area contributed by atoms with Crippen molar-refractivity contribution in [2.45, 2.75) is 20.3 Å². The monoisotopic (exact) mass is 297 g/mol. The first-order chi connectivity index (χ1) is 10.6. The summed E-state index contributed by atoms with van der Waals surface area (Å²) in [7, 11) is 0. The van der Waals surface area contributed by atoms with Gasteiger partial charge < -0.3 is 10.0 Å². The van der Waals surface area contributed by atoms with Crippen LogP contribution >= 0.6 is 0 Å². The Morgan fingerprint density at radius 3 is 2.41 bits per heavy atom. The summed E-state index contributed by atoms with van der Waals surface area (Å²) < 4.78 is 0. The van der Waals surface area contributed by atoms with E-state index in [1.54, 1.807) is 4.90 Å². The third-order valence-corrected chi connectivity index (χ3v) is 3.78. The first-order valence-electron chi connectivity index (χ1n) is 7.63. The van der Waals surface area contributed by atoms with E-state index in [0.717, 1.165) is 17.5 Å². The van der Waals surface area contributed by atoms with E-state index in [2.05, 4.69) is 12.1 Å². The Balaban J connectivity index is 2.11. The van der Waals surface area contributed by atoms with Crippen LogP contribution in [0.1, 0.15) is 27.0 Å². The lowest BCUT2D eigenvalue weighted by Gasteiger charge is -2.23. The maximum absolute atomic E-state index is 12.7. The SMILES string of the molecule is Cc1ccc(C(=O)N(CCO)CCc2ccccc2)c(C)c1.